The summed E-state index contributed by atoms with van der Waals surface area (Å²) in [5.41, 5.74) is 3.55. The lowest BCUT2D eigenvalue weighted by Crippen LogP contribution is -2.70. The summed E-state index contributed by atoms with van der Waals surface area (Å²) in [4.78, 5) is 93.6. The number of nitrogens with one attached hydrogen (secondary N) is 1. The number of urea groups is 2. The summed E-state index contributed by atoms with van der Waals surface area (Å²) in [5, 5.41) is 2.63. The second kappa shape index (κ2) is 23.8. The maximum atomic E-state index is 14.1. The van der Waals surface area contributed by atoms with Crippen LogP contribution in [0.15, 0.2) is 126 Å². The van der Waals surface area contributed by atoms with Gasteiger partial charge in [-0.1, -0.05) is 121 Å². The van der Waals surface area contributed by atoms with Crippen LogP contribution in [0.5, 0.6) is 0 Å². The molecule has 0 aliphatic carbocycles. The number of esters is 1. The second-order valence-electron chi connectivity index (χ2n) is 17.1. The lowest BCUT2D eigenvalue weighted by Gasteiger charge is -2.48. The molecule has 16 nitrogen and oxygen atoms in total. The first-order chi connectivity index (χ1) is 32.6. The predicted octanol–water partition coefficient (Wildman–Crippen LogP) is 7.09. The summed E-state index contributed by atoms with van der Waals surface area (Å²) in [6.07, 6.45) is 2.52. The molecule has 0 bridgehead atoms. The molecule has 3 heterocycles. The van der Waals surface area contributed by atoms with Crippen molar-refractivity contribution in [3.63, 3.8) is 0 Å². The normalized spacial score (nSPS) is 18.4. The number of amides is 7. The van der Waals surface area contributed by atoms with Gasteiger partial charge >= 0.3 is 30.2 Å². The molecule has 0 aromatic heterocycles. The van der Waals surface area contributed by atoms with Gasteiger partial charge in [-0.25, -0.2) is 28.9 Å². The van der Waals surface area contributed by atoms with Gasteiger partial charge in [0.2, 0.25) is 11.9 Å². The predicted molar refractivity (Wildman–Crippen MR) is 249 cm³/mol. The molecule has 3 atom stereocenters. The zero-order valence-electron chi connectivity index (χ0n) is 38.0. The fraction of sp³-hybridized carbons (Fsp3) is 0.392. The molecule has 67 heavy (non-hydrogen) atoms. The number of nitrogens with zero attached hydrogens (tertiary/aromatic N) is 6. The minimum Gasteiger partial charge on any atom is -0.459 e. The van der Waals surface area contributed by atoms with Gasteiger partial charge < -0.3 is 33.8 Å². The Morgan fingerprint density at radius 1 is 0.657 bits per heavy atom. The molecule has 3 saturated heterocycles. The highest BCUT2D eigenvalue weighted by Crippen LogP contribution is 2.37. The molecule has 7 amide bonds. The average Bonchev–Trinajstić information content (AvgIpc) is 3.37. The van der Waals surface area contributed by atoms with Crippen LogP contribution in [0.2, 0.25) is 0 Å². The lowest BCUT2D eigenvalue weighted by molar-refractivity contribution is -0.172. The van der Waals surface area contributed by atoms with Crippen LogP contribution in [0.3, 0.4) is 0 Å². The first-order valence-corrected chi connectivity index (χ1v) is 23.0. The van der Waals surface area contributed by atoms with E-state index in [9.17, 15) is 28.8 Å². The zero-order valence-corrected chi connectivity index (χ0v) is 38.0. The molecule has 4 aromatic rings. The average molecular weight is 914 g/mol. The molecule has 0 saturated carbocycles. The molecular formula is C51H59N7O9. The maximum Gasteiger partial charge on any atom is 0.437 e. The molecular weight excluding hydrogens is 855 g/mol. The number of aliphatic imine (C=N–C) groups is 1. The Kier molecular flexibility index (Phi) is 17.0. The Hall–Kier alpha value is -7.23. The fourth-order valence-corrected chi connectivity index (χ4v) is 8.65. The molecule has 4 aromatic carbocycles. The van der Waals surface area contributed by atoms with Crippen LogP contribution in [-0.4, -0.2) is 125 Å². The summed E-state index contributed by atoms with van der Waals surface area (Å²) in [6, 6.07) is 35.8. The van der Waals surface area contributed by atoms with E-state index in [-0.39, 0.29) is 76.9 Å². The number of guanidine groups is 1. The number of rotatable bonds is 14. The van der Waals surface area contributed by atoms with E-state index in [1.54, 1.807) is 21.7 Å². The number of piperidine rings is 1. The molecule has 3 fully saturated rings. The van der Waals surface area contributed by atoms with E-state index in [1.165, 1.54) is 10.5 Å². The lowest BCUT2D eigenvalue weighted by atomic mass is 9.78. The molecule has 0 spiro atoms. The molecule has 3 aliphatic heterocycles. The molecule has 1 N–H and O–H groups in total. The maximum absolute atomic E-state index is 14.1. The number of likely N-dealkylation sites (tertiary alicyclic amines) is 2. The van der Waals surface area contributed by atoms with Crippen LogP contribution >= 0.6 is 0 Å². The SMILES string of the molecule is CN(CCCCc1ccccc1)C(=O)N1CCN(C(=O)N2C(=O)C(CC3CCCN(/C(=N/C(=O)OCc4ccccc4)NC(=O)OCc4ccccc4)C3)C2C(=O)OCc2ccccc2)CC1. The van der Waals surface area contributed by atoms with Crippen LogP contribution < -0.4 is 5.32 Å². The van der Waals surface area contributed by atoms with Crippen molar-refractivity contribution in [3.05, 3.63) is 144 Å². The Morgan fingerprint density at radius 3 is 1.79 bits per heavy atom. The van der Waals surface area contributed by atoms with Crippen molar-refractivity contribution in [3.8, 4) is 0 Å². The highest BCUT2D eigenvalue weighted by atomic mass is 16.6. The number of ether oxygens (including phenoxy) is 3. The van der Waals surface area contributed by atoms with Gasteiger partial charge in [-0.05, 0) is 66.7 Å². The number of β-lactam (4-membered cyclic amide) rings is 1. The summed E-state index contributed by atoms with van der Waals surface area (Å²) >= 11 is 0. The van der Waals surface area contributed by atoms with E-state index in [4.69, 9.17) is 14.2 Å². The molecule has 7 rings (SSSR count). The quantitative estimate of drug-likeness (QED) is 0.0344. The Morgan fingerprint density at radius 2 is 1.19 bits per heavy atom. The number of carbonyl (C=O) groups excluding carboxylic acids is 6. The van der Waals surface area contributed by atoms with Crippen molar-refractivity contribution in [2.75, 3.05) is 52.9 Å². The van der Waals surface area contributed by atoms with Gasteiger partial charge in [-0.3, -0.25) is 10.1 Å². The molecule has 3 unspecified atom stereocenters. The number of alkyl carbamates (subject to hydrolysis) is 1. The van der Waals surface area contributed by atoms with E-state index in [2.05, 4.69) is 22.4 Å². The van der Waals surface area contributed by atoms with E-state index in [0.717, 1.165) is 40.9 Å². The van der Waals surface area contributed by atoms with E-state index in [1.807, 2.05) is 109 Å². The number of hydrogen-bond donors (Lipinski definition) is 1. The third-order valence-electron chi connectivity index (χ3n) is 12.3. The van der Waals surface area contributed by atoms with Crippen LogP contribution in [0.1, 0.15) is 54.4 Å². The number of piperazine rings is 1. The number of hydrogen-bond acceptors (Lipinski definition) is 9. The standard InChI is InChI=1S/C51H59N7O9/c1-54(27-15-14-19-38-17-6-2-7-18-38)50(63)55-29-31-56(32-30-55)51(64)58-44(46(60)65-35-39-20-8-3-9-21-39)43(45(58)59)33-42-26-16-28-57(34-42)47(52-48(61)66-36-40-22-10-4-11-23-40)53-49(62)67-37-41-24-12-5-13-25-41/h2-13,17-18,20-25,42-44H,14-16,19,26-37H2,1H3,(H,52,53,61,62). The van der Waals surface area contributed by atoms with Gasteiger partial charge in [-0.2, -0.15) is 0 Å². The molecule has 3 aliphatic rings. The third-order valence-corrected chi connectivity index (χ3v) is 12.3. The smallest absolute Gasteiger partial charge is 0.437 e. The fourth-order valence-electron chi connectivity index (χ4n) is 8.65. The minimum absolute atomic E-state index is 0.0110. The Balaban J connectivity index is 0.984. The van der Waals surface area contributed by atoms with Crippen molar-refractivity contribution >= 4 is 42.1 Å². The highest BCUT2D eigenvalue weighted by molar-refractivity contribution is 6.08. The minimum atomic E-state index is -1.17. The van der Waals surface area contributed by atoms with Crippen molar-refractivity contribution in [1.29, 1.82) is 0 Å². The monoisotopic (exact) mass is 913 g/mol. The van der Waals surface area contributed by atoms with Crippen molar-refractivity contribution in [2.45, 2.75) is 64.4 Å². The molecule has 352 valence electrons. The number of unbranched alkanes of at least 4 members (excludes halogenated alkanes) is 1. The van der Waals surface area contributed by atoms with Crippen LogP contribution in [0, 0.1) is 11.8 Å². The Bertz CT molecular complexity index is 2310. The third kappa shape index (κ3) is 13.4. The zero-order chi connectivity index (χ0) is 47.0. The van der Waals surface area contributed by atoms with Gasteiger partial charge in [0.25, 0.3) is 0 Å². The summed E-state index contributed by atoms with van der Waals surface area (Å²) in [6.45, 7) is 2.17. The summed E-state index contributed by atoms with van der Waals surface area (Å²) < 4.78 is 16.6. The number of imide groups is 1. The van der Waals surface area contributed by atoms with Crippen molar-refractivity contribution in [1.82, 2.24) is 29.8 Å². The second-order valence-corrected chi connectivity index (χ2v) is 17.1. The van der Waals surface area contributed by atoms with Crippen LogP contribution in [-0.2, 0) is 50.0 Å². The van der Waals surface area contributed by atoms with Gasteiger partial charge in [0.1, 0.15) is 19.8 Å². The number of aryl methyl sites for hydroxylation is 1. The summed E-state index contributed by atoms with van der Waals surface area (Å²) in [7, 11) is 1.78. The largest absolute Gasteiger partial charge is 0.459 e. The van der Waals surface area contributed by atoms with E-state index in [0.29, 0.717) is 25.9 Å². The van der Waals surface area contributed by atoms with Crippen LogP contribution in [0.25, 0.3) is 0 Å². The molecule has 16 heteroatoms. The van der Waals surface area contributed by atoms with E-state index >= 15 is 0 Å². The first-order valence-electron chi connectivity index (χ1n) is 23.0. The topological polar surface area (TPSA) is 171 Å². The van der Waals surface area contributed by atoms with Crippen LogP contribution in [0.4, 0.5) is 19.2 Å². The van der Waals surface area contributed by atoms with Gasteiger partial charge in [0.15, 0.2) is 6.04 Å². The molecule has 0 radical (unpaired) electrons. The number of benzene rings is 4. The van der Waals surface area contributed by atoms with Crippen molar-refractivity contribution in [2.24, 2.45) is 16.8 Å². The summed E-state index contributed by atoms with van der Waals surface area (Å²) in [5.74, 6) is -2.32. The highest BCUT2D eigenvalue weighted by Gasteiger charge is 2.57. The Labute approximate surface area is 391 Å². The van der Waals surface area contributed by atoms with Crippen molar-refractivity contribution < 1.29 is 43.0 Å². The first kappa shape index (κ1) is 47.7. The van der Waals surface area contributed by atoms with Gasteiger partial charge in [-0.15, -0.1) is 4.99 Å². The van der Waals surface area contributed by atoms with Gasteiger partial charge in [0.05, 0.1) is 5.92 Å². The van der Waals surface area contributed by atoms with E-state index < -0.39 is 42.1 Å². The van der Waals surface area contributed by atoms with Gasteiger partial charge in [0, 0.05) is 52.9 Å². The number of carbonyl (C=O) groups is 6.